The first-order valence-electron chi connectivity index (χ1n) is 7.11. The van der Waals surface area contributed by atoms with Gasteiger partial charge >= 0.3 is 0 Å². The van der Waals surface area contributed by atoms with Crippen LogP contribution in [0.1, 0.15) is 42.6 Å². The molecule has 0 spiro atoms. The van der Waals surface area contributed by atoms with Crippen molar-refractivity contribution >= 4 is 11.3 Å². The summed E-state index contributed by atoms with van der Waals surface area (Å²) in [5.74, 6) is 0. The zero-order valence-electron chi connectivity index (χ0n) is 12.8. The summed E-state index contributed by atoms with van der Waals surface area (Å²) in [6.07, 6.45) is 1.77. The van der Waals surface area contributed by atoms with Gasteiger partial charge in [-0.25, -0.2) is 4.98 Å². The second kappa shape index (κ2) is 6.06. The van der Waals surface area contributed by atoms with Crippen LogP contribution >= 0.6 is 11.3 Å². The second-order valence-electron chi connectivity index (χ2n) is 6.47. The lowest BCUT2D eigenvalue weighted by Crippen LogP contribution is -2.26. The van der Waals surface area contributed by atoms with Crippen LogP contribution in [0.4, 0.5) is 0 Å². The molecule has 3 heteroatoms. The lowest BCUT2D eigenvalue weighted by molar-refractivity contribution is 0.567. The molecule has 2 aromatic rings. The molecule has 0 fully saturated rings. The number of benzene rings is 1. The quantitative estimate of drug-likeness (QED) is 0.927. The molecule has 0 radical (unpaired) electrons. The molecule has 1 heterocycles. The van der Waals surface area contributed by atoms with E-state index >= 15 is 0 Å². The molecule has 2 N–H and O–H groups in total. The van der Waals surface area contributed by atoms with Crippen LogP contribution in [0.25, 0.3) is 0 Å². The molecule has 2 rings (SSSR count). The Balaban J connectivity index is 2.00. The van der Waals surface area contributed by atoms with Gasteiger partial charge in [-0.1, -0.05) is 45.0 Å². The monoisotopic (exact) mass is 288 g/mol. The summed E-state index contributed by atoms with van der Waals surface area (Å²) in [6.45, 7) is 8.72. The molecular weight excluding hydrogens is 264 g/mol. The fourth-order valence-corrected chi connectivity index (χ4v) is 3.28. The van der Waals surface area contributed by atoms with Gasteiger partial charge in [0.1, 0.15) is 0 Å². The van der Waals surface area contributed by atoms with Crippen LogP contribution in [0.15, 0.2) is 29.6 Å². The van der Waals surface area contributed by atoms with Crippen molar-refractivity contribution in [1.82, 2.24) is 4.98 Å². The van der Waals surface area contributed by atoms with E-state index in [1.54, 1.807) is 11.3 Å². The van der Waals surface area contributed by atoms with Crippen LogP contribution in [0.2, 0.25) is 0 Å². The highest BCUT2D eigenvalue weighted by Gasteiger charge is 2.18. The van der Waals surface area contributed by atoms with Crippen molar-refractivity contribution < 1.29 is 0 Å². The average Bonchev–Trinajstić information content (AvgIpc) is 2.80. The fourth-order valence-electron chi connectivity index (χ4n) is 2.17. The normalized spacial score (nSPS) is 13.4. The first-order valence-corrected chi connectivity index (χ1v) is 7.99. The summed E-state index contributed by atoms with van der Waals surface area (Å²) in [7, 11) is 0. The molecule has 0 amide bonds. The van der Waals surface area contributed by atoms with Gasteiger partial charge in [-0.15, -0.1) is 11.3 Å². The van der Waals surface area contributed by atoms with Gasteiger partial charge in [-0.05, 0) is 24.5 Å². The summed E-state index contributed by atoms with van der Waals surface area (Å²) >= 11 is 1.73. The molecular formula is C17H24N2S. The number of nitrogens with two attached hydrogens (primary N) is 1. The predicted octanol–water partition coefficient (Wildman–Crippen LogP) is 3.86. The van der Waals surface area contributed by atoms with Crippen LogP contribution in [-0.2, 0) is 18.3 Å². The number of aromatic nitrogens is 1. The Bertz CT molecular complexity index is 566. The largest absolute Gasteiger partial charge is 0.327 e. The van der Waals surface area contributed by atoms with Crippen LogP contribution < -0.4 is 5.73 Å². The first kappa shape index (κ1) is 15.2. The molecule has 1 aromatic carbocycles. The van der Waals surface area contributed by atoms with E-state index in [0.717, 1.165) is 17.8 Å². The maximum Gasteiger partial charge on any atom is 0.0944 e. The lowest BCUT2D eigenvalue weighted by atomic mass is 9.93. The number of hydrogen-bond donors (Lipinski definition) is 1. The van der Waals surface area contributed by atoms with Gasteiger partial charge in [-0.2, -0.15) is 0 Å². The molecule has 0 aliphatic heterocycles. The maximum absolute atomic E-state index is 6.29. The lowest BCUT2D eigenvalue weighted by Gasteiger charge is -2.15. The zero-order chi connectivity index (χ0) is 14.8. The SMILES string of the molecule is Cc1ccccc1CC(N)Cc1nc(C(C)(C)C)cs1. The van der Waals surface area contributed by atoms with Crippen molar-refractivity contribution in [3.05, 3.63) is 51.5 Å². The number of thiazole rings is 1. The summed E-state index contributed by atoms with van der Waals surface area (Å²) < 4.78 is 0. The summed E-state index contributed by atoms with van der Waals surface area (Å²) in [4.78, 5) is 4.72. The molecule has 20 heavy (non-hydrogen) atoms. The number of hydrogen-bond acceptors (Lipinski definition) is 3. The Morgan fingerprint density at radius 3 is 2.50 bits per heavy atom. The van der Waals surface area contributed by atoms with Crippen molar-refractivity contribution in [3.8, 4) is 0 Å². The third kappa shape index (κ3) is 3.90. The van der Waals surface area contributed by atoms with E-state index in [1.165, 1.54) is 16.8 Å². The van der Waals surface area contributed by atoms with Gasteiger partial charge in [0.2, 0.25) is 0 Å². The van der Waals surface area contributed by atoms with Gasteiger partial charge in [0, 0.05) is 23.3 Å². The van der Waals surface area contributed by atoms with Gasteiger partial charge in [0.15, 0.2) is 0 Å². The molecule has 1 unspecified atom stereocenters. The van der Waals surface area contributed by atoms with Gasteiger partial charge in [0.25, 0.3) is 0 Å². The maximum atomic E-state index is 6.29. The van der Waals surface area contributed by atoms with Crippen LogP contribution in [0.5, 0.6) is 0 Å². The van der Waals surface area contributed by atoms with Crippen molar-refractivity contribution in [2.24, 2.45) is 5.73 Å². The fraction of sp³-hybridized carbons (Fsp3) is 0.471. The minimum absolute atomic E-state index is 0.120. The highest BCUT2D eigenvalue weighted by Crippen LogP contribution is 2.24. The molecule has 0 bridgehead atoms. The smallest absolute Gasteiger partial charge is 0.0944 e. The van der Waals surface area contributed by atoms with E-state index in [1.807, 2.05) is 0 Å². The Kier molecular flexibility index (Phi) is 4.61. The number of aryl methyl sites for hydroxylation is 1. The summed E-state index contributed by atoms with van der Waals surface area (Å²) in [6, 6.07) is 8.59. The number of nitrogens with zero attached hydrogens (tertiary/aromatic N) is 1. The topological polar surface area (TPSA) is 38.9 Å². The molecule has 1 aromatic heterocycles. The second-order valence-corrected chi connectivity index (χ2v) is 7.41. The third-order valence-electron chi connectivity index (χ3n) is 3.50. The molecule has 1 atom stereocenters. The highest BCUT2D eigenvalue weighted by molar-refractivity contribution is 7.09. The Labute approximate surface area is 126 Å². The molecule has 0 aliphatic rings. The standard InChI is InChI=1S/C17H24N2S/c1-12-7-5-6-8-13(12)9-14(18)10-16-19-15(11-20-16)17(2,3)4/h5-8,11,14H,9-10,18H2,1-4H3. The summed E-state index contributed by atoms with van der Waals surface area (Å²) in [5.41, 5.74) is 10.2. The Morgan fingerprint density at radius 1 is 1.20 bits per heavy atom. The van der Waals surface area contributed by atoms with Crippen LogP contribution in [0, 0.1) is 6.92 Å². The van der Waals surface area contributed by atoms with Crippen LogP contribution in [-0.4, -0.2) is 11.0 Å². The van der Waals surface area contributed by atoms with Crippen molar-refractivity contribution in [3.63, 3.8) is 0 Å². The minimum atomic E-state index is 0.120. The van der Waals surface area contributed by atoms with E-state index in [0.29, 0.717) is 0 Å². The van der Waals surface area contributed by atoms with Crippen molar-refractivity contribution in [2.45, 2.75) is 52.0 Å². The van der Waals surface area contributed by atoms with Crippen molar-refractivity contribution in [2.75, 3.05) is 0 Å². The van der Waals surface area contributed by atoms with Crippen molar-refractivity contribution in [1.29, 1.82) is 0 Å². The van der Waals surface area contributed by atoms with Gasteiger partial charge < -0.3 is 5.73 Å². The molecule has 0 saturated heterocycles. The van der Waals surface area contributed by atoms with E-state index in [2.05, 4.69) is 57.3 Å². The minimum Gasteiger partial charge on any atom is -0.327 e. The van der Waals surface area contributed by atoms with E-state index < -0.39 is 0 Å². The predicted molar refractivity (Wildman–Crippen MR) is 87.4 cm³/mol. The molecule has 108 valence electrons. The first-order chi connectivity index (χ1) is 9.36. The number of rotatable bonds is 4. The van der Waals surface area contributed by atoms with Gasteiger partial charge in [0.05, 0.1) is 10.7 Å². The van der Waals surface area contributed by atoms with E-state index in [4.69, 9.17) is 10.7 Å². The molecule has 2 nitrogen and oxygen atoms in total. The van der Waals surface area contributed by atoms with Crippen LogP contribution in [0.3, 0.4) is 0 Å². The highest BCUT2D eigenvalue weighted by atomic mass is 32.1. The average molecular weight is 288 g/mol. The summed E-state index contributed by atoms with van der Waals surface area (Å²) in [5, 5.41) is 3.31. The molecule has 0 aliphatic carbocycles. The molecule has 0 saturated carbocycles. The van der Waals surface area contributed by atoms with E-state index in [9.17, 15) is 0 Å². The van der Waals surface area contributed by atoms with Gasteiger partial charge in [-0.3, -0.25) is 0 Å². The Hall–Kier alpha value is -1.19. The zero-order valence-corrected chi connectivity index (χ0v) is 13.6. The third-order valence-corrected chi connectivity index (χ3v) is 4.37. The van der Waals surface area contributed by atoms with E-state index in [-0.39, 0.29) is 11.5 Å². The Morgan fingerprint density at radius 2 is 1.90 bits per heavy atom.